The number of benzene rings is 1. The molecule has 0 aliphatic carbocycles. The van der Waals surface area contributed by atoms with E-state index in [0.29, 0.717) is 11.7 Å². The largest absolute Gasteiger partial charge is 0.354 e. The van der Waals surface area contributed by atoms with Gasteiger partial charge in [-0.3, -0.25) is 4.79 Å². The minimum absolute atomic E-state index is 0.0216. The van der Waals surface area contributed by atoms with Crippen molar-refractivity contribution in [2.45, 2.75) is 6.92 Å². The third-order valence-corrected chi connectivity index (χ3v) is 5.23. The number of carbonyl (C=O) groups is 1. The van der Waals surface area contributed by atoms with Gasteiger partial charge in [0, 0.05) is 63.2 Å². The molecule has 2 aromatic heterocycles. The van der Waals surface area contributed by atoms with Gasteiger partial charge >= 0.3 is 0 Å². The third kappa shape index (κ3) is 4.12. The highest BCUT2D eigenvalue weighted by Crippen LogP contribution is 2.26. The number of amides is 1. The van der Waals surface area contributed by atoms with Crippen LogP contribution in [0.25, 0.3) is 22.8 Å². The van der Waals surface area contributed by atoms with Gasteiger partial charge in [-0.1, -0.05) is 5.16 Å². The SMILES string of the molecule is CC(=O)N(C)c1ccc(-c2nc(-c3ccnc(N4CCN(C)CC4)c3)no2)cc1. The highest BCUT2D eigenvalue weighted by atomic mass is 16.5. The lowest BCUT2D eigenvalue weighted by molar-refractivity contribution is -0.116. The molecule has 0 N–H and O–H groups in total. The zero-order valence-electron chi connectivity index (χ0n) is 16.9. The van der Waals surface area contributed by atoms with Gasteiger partial charge < -0.3 is 19.2 Å². The van der Waals surface area contributed by atoms with Crippen molar-refractivity contribution in [2.75, 3.05) is 50.1 Å². The molecule has 1 aromatic carbocycles. The number of hydrogen-bond acceptors (Lipinski definition) is 7. The maximum atomic E-state index is 11.5. The summed E-state index contributed by atoms with van der Waals surface area (Å²) in [4.78, 5) is 26.7. The molecule has 0 spiro atoms. The molecule has 0 bridgehead atoms. The lowest BCUT2D eigenvalue weighted by atomic mass is 10.2. The number of carbonyl (C=O) groups excluding carboxylic acids is 1. The molecular formula is C21H24N6O2. The second-order valence-corrected chi connectivity index (χ2v) is 7.24. The maximum absolute atomic E-state index is 11.5. The first-order valence-corrected chi connectivity index (χ1v) is 9.59. The quantitative estimate of drug-likeness (QED) is 0.675. The molecule has 8 nitrogen and oxygen atoms in total. The van der Waals surface area contributed by atoms with Crippen molar-refractivity contribution in [3.05, 3.63) is 42.6 Å². The fraction of sp³-hybridized carbons (Fsp3) is 0.333. The Kier molecular flexibility index (Phi) is 5.26. The van der Waals surface area contributed by atoms with Crippen LogP contribution in [0.3, 0.4) is 0 Å². The Labute approximate surface area is 169 Å². The van der Waals surface area contributed by atoms with E-state index in [4.69, 9.17) is 4.52 Å². The fourth-order valence-corrected chi connectivity index (χ4v) is 3.23. The van der Waals surface area contributed by atoms with E-state index in [1.807, 2.05) is 36.4 Å². The van der Waals surface area contributed by atoms with Gasteiger partial charge in [0.2, 0.25) is 11.7 Å². The summed E-state index contributed by atoms with van der Waals surface area (Å²) in [6, 6.07) is 11.4. The van der Waals surface area contributed by atoms with E-state index in [9.17, 15) is 4.79 Å². The topological polar surface area (TPSA) is 78.6 Å². The van der Waals surface area contributed by atoms with E-state index < -0.39 is 0 Å². The molecule has 1 saturated heterocycles. The highest BCUT2D eigenvalue weighted by Gasteiger charge is 2.17. The van der Waals surface area contributed by atoms with E-state index in [2.05, 4.69) is 32.0 Å². The number of likely N-dealkylation sites (N-methyl/N-ethyl adjacent to an activating group) is 1. The maximum Gasteiger partial charge on any atom is 0.258 e. The third-order valence-electron chi connectivity index (χ3n) is 5.23. The van der Waals surface area contributed by atoms with Gasteiger partial charge in [-0.25, -0.2) is 4.98 Å². The molecule has 29 heavy (non-hydrogen) atoms. The summed E-state index contributed by atoms with van der Waals surface area (Å²) >= 11 is 0. The first kappa shape index (κ1) is 19.1. The monoisotopic (exact) mass is 392 g/mol. The zero-order valence-corrected chi connectivity index (χ0v) is 16.9. The van der Waals surface area contributed by atoms with Crippen LogP contribution in [0.15, 0.2) is 47.1 Å². The fourth-order valence-electron chi connectivity index (χ4n) is 3.23. The molecule has 0 saturated carbocycles. The van der Waals surface area contributed by atoms with Gasteiger partial charge in [0.15, 0.2) is 0 Å². The molecule has 1 aliphatic rings. The molecule has 1 amide bonds. The van der Waals surface area contributed by atoms with Gasteiger partial charge in [-0.15, -0.1) is 0 Å². The Bertz CT molecular complexity index is 992. The van der Waals surface area contributed by atoms with Crippen LogP contribution in [0.1, 0.15) is 6.92 Å². The second-order valence-electron chi connectivity index (χ2n) is 7.24. The van der Waals surface area contributed by atoms with E-state index >= 15 is 0 Å². The summed E-state index contributed by atoms with van der Waals surface area (Å²) in [6.45, 7) is 5.47. The van der Waals surface area contributed by atoms with Crippen molar-refractivity contribution in [3.8, 4) is 22.8 Å². The predicted octanol–water partition coefficient (Wildman–Crippen LogP) is 2.53. The van der Waals surface area contributed by atoms with Gasteiger partial charge in [0.05, 0.1) is 0 Å². The molecular weight excluding hydrogens is 368 g/mol. The lowest BCUT2D eigenvalue weighted by Crippen LogP contribution is -2.44. The van der Waals surface area contributed by atoms with E-state index in [-0.39, 0.29) is 5.91 Å². The number of pyridine rings is 1. The van der Waals surface area contributed by atoms with Crippen LogP contribution in [0.4, 0.5) is 11.5 Å². The molecule has 1 fully saturated rings. The van der Waals surface area contributed by atoms with Crippen molar-refractivity contribution < 1.29 is 9.32 Å². The molecule has 150 valence electrons. The molecule has 3 heterocycles. The van der Waals surface area contributed by atoms with Gasteiger partial charge in [-0.05, 0) is 43.4 Å². The Morgan fingerprint density at radius 1 is 1.07 bits per heavy atom. The van der Waals surface area contributed by atoms with E-state index in [1.165, 1.54) is 6.92 Å². The second kappa shape index (κ2) is 8.00. The first-order chi connectivity index (χ1) is 14.0. The molecule has 4 rings (SSSR count). The van der Waals surface area contributed by atoms with Crippen LogP contribution in [0, 0.1) is 0 Å². The van der Waals surface area contributed by atoms with Gasteiger partial charge in [0.25, 0.3) is 5.89 Å². The number of nitrogens with zero attached hydrogens (tertiary/aromatic N) is 6. The van der Waals surface area contributed by atoms with Crippen molar-refractivity contribution in [1.29, 1.82) is 0 Å². The summed E-state index contributed by atoms with van der Waals surface area (Å²) in [5.74, 6) is 1.88. The number of piperazine rings is 1. The molecule has 0 atom stereocenters. The van der Waals surface area contributed by atoms with Gasteiger partial charge in [0.1, 0.15) is 5.82 Å². The van der Waals surface area contributed by atoms with Crippen molar-refractivity contribution in [2.24, 2.45) is 0 Å². The number of rotatable bonds is 4. The normalized spacial score (nSPS) is 14.8. The van der Waals surface area contributed by atoms with Gasteiger partial charge in [-0.2, -0.15) is 4.98 Å². The van der Waals surface area contributed by atoms with Crippen LogP contribution >= 0.6 is 0 Å². The molecule has 0 radical (unpaired) electrons. The summed E-state index contributed by atoms with van der Waals surface area (Å²) in [5, 5.41) is 4.14. The minimum Gasteiger partial charge on any atom is -0.354 e. The predicted molar refractivity (Wildman–Crippen MR) is 112 cm³/mol. The lowest BCUT2D eigenvalue weighted by Gasteiger charge is -2.33. The number of anilines is 2. The van der Waals surface area contributed by atoms with Crippen LogP contribution in [-0.2, 0) is 4.79 Å². The standard InChI is InChI=1S/C21H24N6O2/c1-15(28)26(3)18-6-4-16(5-7-18)21-23-20(24-29-21)17-8-9-22-19(14-17)27-12-10-25(2)11-13-27/h4-9,14H,10-13H2,1-3H3. The van der Waals surface area contributed by atoms with Crippen LogP contribution in [0.2, 0.25) is 0 Å². The van der Waals surface area contributed by atoms with Crippen LogP contribution in [-0.4, -0.2) is 66.2 Å². The zero-order chi connectivity index (χ0) is 20.4. The number of aromatic nitrogens is 3. The Morgan fingerprint density at radius 2 is 1.79 bits per heavy atom. The number of hydrogen-bond donors (Lipinski definition) is 0. The average Bonchev–Trinajstić information content (AvgIpc) is 3.24. The summed E-state index contributed by atoms with van der Waals surface area (Å²) < 4.78 is 5.47. The Hall–Kier alpha value is -3.26. The summed E-state index contributed by atoms with van der Waals surface area (Å²) in [6.07, 6.45) is 1.78. The van der Waals surface area contributed by atoms with Crippen LogP contribution in [0.5, 0.6) is 0 Å². The smallest absolute Gasteiger partial charge is 0.258 e. The Balaban J connectivity index is 1.53. The minimum atomic E-state index is -0.0216. The highest BCUT2D eigenvalue weighted by molar-refractivity contribution is 5.91. The Morgan fingerprint density at radius 3 is 2.48 bits per heavy atom. The molecule has 8 heteroatoms. The average molecular weight is 392 g/mol. The van der Waals surface area contributed by atoms with E-state index in [1.54, 1.807) is 18.1 Å². The van der Waals surface area contributed by atoms with E-state index in [0.717, 1.165) is 48.8 Å². The van der Waals surface area contributed by atoms with Crippen molar-refractivity contribution in [3.63, 3.8) is 0 Å². The van der Waals surface area contributed by atoms with Crippen molar-refractivity contribution in [1.82, 2.24) is 20.0 Å². The van der Waals surface area contributed by atoms with Crippen molar-refractivity contribution >= 4 is 17.4 Å². The summed E-state index contributed by atoms with van der Waals surface area (Å²) in [5.41, 5.74) is 2.49. The first-order valence-electron chi connectivity index (χ1n) is 9.59. The summed E-state index contributed by atoms with van der Waals surface area (Å²) in [7, 11) is 3.87. The molecule has 1 aliphatic heterocycles. The molecule has 0 unspecified atom stereocenters. The molecule has 3 aromatic rings. The van der Waals surface area contributed by atoms with Crippen LogP contribution < -0.4 is 9.80 Å².